The highest BCUT2D eigenvalue weighted by molar-refractivity contribution is 5.74. The molecular weight excluding hydrogens is 156 g/mol. The molecule has 0 aromatic carbocycles. The largest absolute Gasteiger partial charge is 0.456 e. The Morgan fingerprint density at radius 2 is 2.42 bits per heavy atom. The molecule has 2 aliphatic heterocycles. The molecule has 3 atom stereocenters. The van der Waals surface area contributed by atoms with Crippen LogP contribution >= 0.6 is 0 Å². The van der Waals surface area contributed by atoms with E-state index in [9.17, 15) is 4.79 Å². The van der Waals surface area contributed by atoms with Crippen LogP contribution in [0.4, 0.5) is 0 Å². The molecule has 3 aliphatic rings. The van der Waals surface area contributed by atoms with Gasteiger partial charge in [0, 0.05) is 5.92 Å². The van der Waals surface area contributed by atoms with Crippen LogP contribution in [0.3, 0.4) is 0 Å². The average molecular weight is 168 g/mol. The normalized spacial score (nSPS) is 50.5. The summed E-state index contributed by atoms with van der Waals surface area (Å²) in [6, 6.07) is 0. The first-order valence-corrected chi connectivity index (χ1v) is 4.65. The van der Waals surface area contributed by atoms with Crippen LogP contribution in [0.25, 0.3) is 0 Å². The first-order valence-electron chi connectivity index (χ1n) is 4.65. The summed E-state index contributed by atoms with van der Waals surface area (Å²) in [6.45, 7) is 0.804. The molecule has 3 fully saturated rings. The predicted octanol–water partition coefficient (Wildman–Crippen LogP) is 0.871. The maximum Gasteiger partial charge on any atom is 0.309 e. The van der Waals surface area contributed by atoms with Crippen molar-refractivity contribution in [2.24, 2.45) is 5.92 Å². The second-order valence-electron chi connectivity index (χ2n) is 4.04. The van der Waals surface area contributed by atoms with Crippen LogP contribution in [0.1, 0.15) is 25.7 Å². The molecule has 2 saturated heterocycles. The maximum absolute atomic E-state index is 11.1. The highest BCUT2D eigenvalue weighted by Gasteiger charge is 2.61. The summed E-state index contributed by atoms with van der Waals surface area (Å²) in [6.07, 6.45) is 3.95. The minimum Gasteiger partial charge on any atom is -0.456 e. The lowest BCUT2D eigenvalue weighted by molar-refractivity contribution is -0.150. The molecule has 2 heterocycles. The van der Waals surface area contributed by atoms with Crippen LogP contribution < -0.4 is 0 Å². The Bertz CT molecular complexity index is 238. The third kappa shape index (κ3) is 0.637. The average Bonchev–Trinajstić information content (AvgIpc) is 2.57. The van der Waals surface area contributed by atoms with Crippen LogP contribution in [0.5, 0.6) is 0 Å². The molecule has 12 heavy (non-hydrogen) atoms. The van der Waals surface area contributed by atoms with E-state index in [4.69, 9.17) is 9.47 Å². The summed E-state index contributed by atoms with van der Waals surface area (Å²) in [5.74, 6) is 0.431. The van der Waals surface area contributed by atoms with Gasteiger partial charge in [0.15, 0.2) is 0 Å². The summed E-state index contributed by atoms with van der Waals surface area (Å²) in [5, 5.41) is 0. The zero-order valence-electron chi connectivity index (χ0n) is 6.91. The van der Waals surface area contributed by atoms with Gasteiger partial charge in [-0.1, -0.05) is 0 Å². The van der Waals surface area contributed by atoms with Gasteiger partial charge >= 0.3 is 5.97 Å². The zero-order chi connectivity index (χ0) is 8.18. The lowest BCUT2D eigenvalue weighted by Gasteiger charge is -2.24. The van der Waals surface area contributed by atoms with Crippen molar-refractivity contribution < 1.29 is 14.3 Å². The maximum atomic E-state index is 11.1. The molecule has 1 saturated carbocycles. The minimum absolute atomic E-state index is 0.0633. The van der Waals surface area contributed by atoms with E-state index in [-0.39, 0.29) is 17.7 Å². The quantitative estimate of drug-likeness (QED) is 0.503. The van der Waals surface area contributed by atoms with Gasteiger partial charge in [0.25, 0.3) is 0 Å². The molecule has 3 nitrogen and oxygen atoms in total. The summed E-state index contributed by atoms with van der Waals surface area (Å²) >= 11 is 0. The van der Waals surface area contributed by atoms with Crippen molar-refractivity contribution in [2.45, 2.75) is 37.4 Å². The molecule has 1 aliphatic carbocycles. The summed E-state index contributed by atoms with van der Waals surface area (Å²) in [4.78, 5) is 11.1. The third-order valence-electron chi connectivity index (χ3n) is 3.51. The van der Waals surface area contributed by atoms with Crippen LogP contribution in [0.2, 0.25) is 0 Å². The van der Waals surface area contributed by atoms with Crippen LogP contribution in [-0.4, -0.2) is 24.3 Å². The lowest BCUT2D eigenvalue weighted by Crippen LogP contribution is -2.37. The molecule has 3 rings (SSSR count). The zero-order valence-corrected chi connectivity index (χ0v) is 6.91. The summed E-state index contributed by atoms with van der Waals surface area (Å²) in [5.41, 5.74) is -0.183. The van der Waals surface area contributed by atoms with Gasteiger partial charge in [-0.05, 0) is 19.3 Å². The van der Waals surface area contributed by atoms with E-state index in [2.05, 4.69) is 0 Å². The topological polar surface area (TPSA) is 35.5 Å². The first kappa shape index (κ1) is 6.89. The van der Waals surface area contributed by atoms with Crippen molar-refractivity contribution in [3.8, 4) is 0 Å². The van der Waals surface area contributed by atoms with E-state index in [0.29, 0.717) is 12.3 Å². The second kappa shape index (κ2) is 2.02. The molecule has 66 valence electrons. The summed E-state index contributed by atoms with van der Waals surface area (Å²) in [7, 11) is 0. The van der Waals surface area contributed by atoms with E-state index in [0.717, 1.165) is 13.0 Å². The van der Waals surface area contributed by atoms with Gasteiger partial charge < -0.3 is 9.47 Å². The smallest absolute Gasteiger partial charge is 0.309 e. The third-order valence-corrected chi connectivity index (χ3v) is 3.51. The van der Waals surface area contributed by atoms with Crippen molar-refractivity contribution in [3.05, 3.63) is 0 Å². The Morgan fingerprint density at radius 3 is 3.33 bits per heavy atom. The number of carbonyl (C=O) groups is 1. The number of carbonyl (C=O) groups excluding carboxylic acids is 1. The molecular formula is C9H12O3. The molecule has 0 radical (unpaired) electrons. The van der Waals surface area contributed by atoms with Crippen molar-refractivity contribution in [3.63, 3.8) is 0 Å². The Kier molecular flexibility index (Phi) is 1.16. The van der Waals surface area contributed by atoms with Gasteiger partial charge in [-0.2, -0.15) is 0 Å². The van der Waals surface area contributed by atoms with E-state index >= 15 is 0 Å². The molecule has 3 heteroatoms. The van der Waals surface area contributed by atoms with Gasteiger partial charge in [0.05, 0.1) is 13.0 Å². The Labute approximate surface area is 71.0 Å². The summed E-state index contributed by atoms with van der Waals surface area (Å²) < 4.78 is 11.0. The fourth-order valence-corrected chi connectivity index (χ4v) is 2.93. The molecule has 1 spiro atoms. The molecule has 0 unspecified atom stereocenters. The first-order chi connectivity index (χ1) is 5.81. The fourth-order valence-electron chi connectivity index (χ4n) is 2.93. The lowest BCUT2D eigenvalue weighted by atomic mass is 9.89. The predicted molar refractivity (Wildman–Crippen MR) is 40.5 cm³/mol. The van der Waals surface area contributed by atoms with Crippen LogP contribution in [0, 0.1) is 5.92 Å². The van der Waals surface area contributed by atoms with Gasteiger partial charge in [0.2, 0.25) is 0 Å². The number of hydrogen-bond donors (Lipinski definition) is 0. The van der Waals surface area contributed by atoms with Gasteiger partial charge in [-0.15, -0.1) is 0 Å². The Hall–Kier alpha value is -0.570. The Balaban J connectivity index is 1.99. The monoisotopic (exact) mass is 168 g/mol. The van der Waals surface area contributed by atoms with Crippen molar-refractivity contribution in [1.82, 2.24) is 0 Å². The van der Waals surface area contributed by atoms with Crippen LogP contribution in [0.15, 0.2) is 0 Å². The van der Waals surface area contributed by atoms with E-state index < -0.39 is 0 Å². The van der Waals surface area contributed by atoms with Crippen molar-refractivity contribution >= 4 is 5.97 Å². The SMILES string of the molecule is O=C1C[C@H]2OC[C@H]3CCC[C@@]32O1. The van der Waals surface area contributed by atoms with E-state index in [1.165, 1.54) is 12.8 Å². The molecule has 0 amide bonds. The second-order valence-corrected chi connectivity index (χ2v) is 4.04. The number of esters is 1. The van der Waals surface area contributed by atoms with Crippen molar-refractivity contribution in [2.75, 3.05) is 6.61 Å². The minimum atomic E-state index is -0.183. The highest BCUT2D eigenvalue weighted by Crippen LogP contribution is 2.51. The number of hydrogen-bond acceptors (Lipinski definition) is 3. The van der Waals surface area contributed by atoms with Crippen molar-refractivity contribution in [1.29, 1.82) is 0 Å². The van der Waals surface area contributed by atoms with Crippen LogP contribution in [-0.2, 0) is 14.3 Å². The molecule has 0 aromatic rings. The van der Waals surface area contributed by atoms with E-state index in [1.807, 2.05) is 0 Å². The van der Waals surface area contributed by atoms with E-state index in [1.54, 1.807) is 0 Å². The fraction of sp³-hybridized carbons (Fsp3) is 0.889. The molecule has 0 aromatic heterocycles. The standard InChI is InChI=1S/C9H12O3/c10-8-4-7-9(12-8)3-1-2-6(9)5-11-7/h6-7H,1-5H2/t6-,7-,9-/m1/s1. The van der Waals surface area contributed by atoms with Gasteiger partial charge in [-0.25, -0.2) is 0 Å². The molecule has 0 bridgehead atoms. The number of rotatable bonds is 0. The number of ether oxygens (including phenoxy) is 2. The van der Waals surface area contributed by atoms with Gasteiger partial charge in [-0.3, -0.25) is 4.79 Å². The van der Waals surface area contributed by atoms with Gasteiger partial charge in [0.1, 0.15) is 11.7 Å². The molecule has 0 N–H and O–H groups in total. The highest BCUT2D eigenvalue weighted by atomic mass is 16.6. The Morgan fingerprint density at radius 1 is 1.50 bits per heavy atom.